The molecule has 1 aromatic carbocycles. The summed E-state index contributed by atoms with van der Waals surface area (Å²) in [6, 6.07) is 6.52. The molecule has 1 N–H and O–H groups in total. The van der Waals surface area contributed by atoms with Gasteiger partial charge in [-0.2, -0.15) is 0 Å². The molecule has 0 bridgehead atoms. The number of hydrogen-bond acceptors (Lipinski definition) is 1. The summed E-state index contributed by atoms with van der Waals surface area (Å²) in [6.45, 7) is 5.12. The minimum absolute atomic E-state index is 0.102. The largest absolute Gasteiger partial charge is 0.313 e. The molecule has 0 saturated heterocycles. The molecule has 1 nitrogen and oxygen atoms in total. The summed E-state index contributed by atoms with van der Waals surface area (Å²) in [5.74, 6) is -2.70. The van der Waals surface area contributed by atoms with Gasteiger partial charge in [0.05, 0.1) is 0 Å². The van der Waals surface area contributed by atoms with Crippen LogP contribution in [-0.2, 0) is 12.5 Å². The van der Waals surface area contributed by atoms with E-state index >= 15 is 0 Å². The number of alkyl halides is 2. The summed E-state index contributed by atoms with van der Waals surface area (Å²) in [5.41, 5.74) is 1.14. The highest BCUT2D eigenvalue weighted by atomic mass is 19.3. The van der Waals surface area contributed by atoms with E-state index in [-0.39, 0.29) is 12.0 Å². The lowest BCUT2D eigenvalue weighted by Crippen LogP contribution is -2.13. The van der Waals surface area contributed by atoms with Gasteiger partial charge in [0, 0.05) is 18.5 Å². The first-order valence-electron chi connectivity index (χ1n) is 5.28. The molecule has 15 heavy (non-hydrogen) atoms. The van der Waals surface area contributed by atoms with Crippen molar-refractivity contribution in [1.29, 1.82) is 0 Å². The average molecular weight is 213 g/mol. The highest BCUT2D eigenvalue weighted by Gasteiger charge is 2.28. The van der Waals surface area contributed by atoms with Crippen molar-refractivity contribution in [3.05, 3.63) is 35.4 Å². The minimum atomic E-state index is -2.70. The van der Waals surface area contributed by atoms with Crippen molar-refractivity contribution in [1.82, 2.24) is 5.32 Å². The van der Waals surface area contributed by atoms with Crippen molar-refractivity contribution in [2.75, 3.05) is 6.54 Å². The standard InChI is InChI=1S/C12H17F2N/c1-3-12(13,14)11-7-5-10(6-8-11)9-15-4-2/h5-8,15H,3-4,9H2,1-2H3. The Labute approximate surface area is 89.5 Å². The summed E-state index contributed by atoms with van der Waals surface area (Å²) in [4.78, 5) is 0. The third kappa shape index (κ3) is 3.27. The van der Waals surface area contributed by atoms with Gasteiger partial charge < -0.3 is 5.32 Å². The molecular weight excluding hydrogens is 196 g/mol. The van der Waals surface area contributed by atoms with Crippen LogP contribution >= 0.6 is 0 Å². The molecule has 1 rings (SSSR count). The molecule has 3 heteroatoms. The number of rotatable bonds is 5. The summed E-state index contributed by atoms with van der Waals surface area (Å²) < 4.78 is 26.5. The van der Waals surface area contributed by atoms with Gasteiger partial charge in [0.15, 0.2) is 0 Å². The molecule has 0 aliphatic heterocycles. The normalized spacial score (nSPS) is 11.7. The Morgan fingerprint density at radius 3 is 2.20 bits per heavy atom. The lowest BCUT2D eigenvalue weighted by atomic mass is 10.0. The lowest BCUT2D eigenvalue weighted by Gasteiger charge is -2.14. The molecule has 0 aliphatic rings. The molecule has 0 fully saturated rings. The molecule has 0 heterocycles. The Kier molecular flexibility index (Phi) is 4.21. The van der Waals surface area contributed by atoms with Crippen molar-refractivity contribution in [3.63, 3.8) is 0 Å². The smallest absolute Gasteiger partial charge is 0.273 e. The Morgan fingerprint density at radius 1 is 1.13 bits per heavy atom. The van der Waals surface area contributed by atoms with E-state index in [9.17, 15) is 8.78 Å². The van der Waals surface area contributed by atoms with Crippen LogP contribution in [0.15, 0.2) is 24.3 Å². The second-order valence-corrected chi connectivity index (χ2v) is 3.54. The van der Waals surface area contributed by atoms with Gasteiger partial charge in [-0.05, 0) is 12.1 Å². The first-order chi connectivity index (χ1) is 7.10. The van der Waals surface area contributed by atoms with Gasteiger partial charge in [-0.1, -0.05) is 38.1 Å². The summed E-state index contributed by atoms with van der Waals surface area (Å²) in [5, 5.41) is 3.15. The van der Waals surface area contributed by atoms with Crippen LogP contribution in [0.2, 0.25) is 0 Å². The molecular formula is C12H17F2N. The number of benzene rings is 1. The molecule has 1 aromatic rings. The van der Waals surface area contributed by atoms with Gasteiger partial charge in [0.2, 0.25) is 0 Å². The highest BCUT2D eigenvalue weighted by molar-refractivity contribution is 5.25. The molecule has 0 spiro atoms. The fourth-order valence-electron chi connectivity index (χ4n) is 1.34. The van der Waals surface area contributed by atoms with Gasteiger partial charge in [-0.25, -0.2) is 8.78 Å². The number of nitrogens with one attached hydrogen (secondary N) is 1. The third-order valence-corrected chi connectivity index (χ3v) is 2.40. The lowest BCUT2D eigenvalue weighted by molar-refractivity contribution is -0.00829. The van der Waals surface area contributed by atoms with Crippen molar-refractivity contribution < 1.29 is 8.78 Å². The van der Waals surface area contributed by atoms with Crippen LogP contribution in [0, 0.1) is 0 Å². The minimum Gasteiger partial charge on any atom is -0.313 e. The quantitative estimate of drug-likeness (QED) is 0.791. The van der Waals surface area contributed by atoms with E-state index < -0.39 is 5.92 Å². The molecule has 0 radical (unpaired) electrons. The highest BCUT2D eigenvalue weighted by Crippen LogP contribution is 2.31. The number of hydrogen-bond donors (Lipinski definition) is 1. The molecule has 0 aromatic heterocycles. The molecule has 0 atom stereocenters. The zero-order chi connectivity index (χ0) is 11.3. The van der Waals surface area contributed by atoms with Crippen LogP contribution in [0.25, 0.3) is 0 Å². The zero-order valence-corrected chi connectivity index (χ0v) is 9.19. The summed E-state index contributed by atoms with van der Waals surface area (Å²) in [6.07, 6.45) is -0.153. The maximum atomic E-state index is 13.3. The fraction of sp³-hybridized carbons (Fsp3) is 0.500. The van der Waals surface area contributed by atoms with Gasteiger partial charge in [-0.15, -0.1) is 0 Å². The second-order valence-electron chi connectivity index (χ2n) is 3.54. The molecule has 84 valence electrons. The van der Waals surface area contributed by atoms with Crippen molar-refractivity contribution in [3.8, 4) is 0 Å². The number of halogens is 2. The summed E-state index contributed by atoms with van der Waals surface area (Å²) >= 11 is 0. The fourth-order valence-corrected chi connectivity index (χ4v) is 1.34. The first kappa shape index (κ1) is 12.1. The third-order valence-electron chi connectivity index (χ3n) is 2.40. The molecule has 0 saturated carbocycles. The van der Waals surface area contributed by atoms with E-state index in [1.165, 1.54) is 19.1 Å². The monoisotopic (exact) mass is 213 g/mol. The topological polar surface area (TPSA) is 12.0 Å². The van der Waals surface area contributed by atoms with Crippen LogP contribution < -0.4 is 5.32 Å². The molecule has 0 aliphatic carbocycles. The van der Waals surface area contributed by atoms with Crippen LogP contribution in [0.4, 0.5) is 8.78 Å². The van der Waals surface area contributed by atoms with E-state index in [1.54, 1.807) is 12.1 Å². The summed E-state index contributed by atoms with van der Waals surface area (Å²) in [7, 11) is 0. The molecule has 0 unspecified atom stereocenters. The SMILES string of the molecule is CCNCc1ccc(C(F)(F)CC)cc1. The first-order valence-corrected chi connectivity index (χ1v) is 5.28. The van der Waals surface area contributed by atoms with Crippen molar-refractivity contribution in [2.24, 2.45) is 0 Å². The van der Waals surface area contributed by atoms with Crippen LogP contribution in [0.1, 0.15) is 31.4 Å². The Hall–Kier alpha value is -0.960. The van der Waals surface area contributed by atoms with E-state index in [0.29, 0.717) is 0 Å². The Balaban J connectivity index is 2.72. The van der Waals surface area contributed by atoms with E-state index in [0.717, 1.165) is 18.7 Å². The van der Waals surface area contributed by atoms with E-state index in [1.807, 2.05) is 6.92 Å². The van der Waals surface area contributed by atoms with Gasteiger partial charge in [0.25, 0.3) is 5.92 Å². The van der Waals surface area contributed by atoms with Crippen molar-refractivity contribution >= 4 is 0 Å². The van der Waals surface area contributed by atoms with Gasteiger partial charge >= 0.3 is 0 Å². The predicted molar refractivity (Wildman–Crippen MR) is 58.0 cm³/mol. The maximum Gasteiger partial charge on any atom is 0.273 e. The Bertz CT molecular complexity index is 293. The molecule has 0 amide bonds. The predicted octanol–water partition coefficient (Wildman–Crippen LogP) is 3.30. The maximum absolute atomic E-state index is 13.3. The van der Waals surface area contributed by atoms with E-state index in [2.05, 4.69) is 5.32 Å². The van der Waals surface area contributed by atoms with Gasteiger partial charge in [0.1, 0.15) is 0 Å². The van der Waals surface area contributed by atoms with Crippen molar-refractivity contribution in [2.45, 2.75) is 32.7 Å². The average Bonchev–Trinajstić information content (AvgIpc) is 2.27. The zero-order valence-electron chi connectivity index (χ0n) is 9.19. The van der Waals surface area contributed by atoms with Crippen LogP contribution in [0.5, 0.6) is 0 Å². The van der Waals surface area contributed by atoms with Crippen LogP contribution in [-0.4, -0.2) is 6.54 Å². The Morgan fingerprint density at radius 2 is 1.73 bits per heavy atom. The van der Waals surface area contributed by atoms with Gasteiger partial charge in [-0.3, -0.25) is 0 Å². The van der Waals surface area contributed by atoms with Crippen LogP contribution in [0.3, 0.4) is 0 Å². The second kappa shape index (κ2) is 5.21. The van der Waals surface area contributed by atoms with E-state index in [4.69, 9.17) is 0 Å².